The molecular formula is C19H21N3O. The Kier molecular flexibility index (Phi) is 4.12. The van der Waals surface area contributed by atoms with E-state index in [1.165, 1.54) is 0 Å². The van der Waals surface area contributed by atoms with Crippen LogP contribution in [-0.4, -0.2) is 12.6 Å². The number of para-hydroxylation sites is 1. The fraction of sp³-hybridized carbons (Fsp3) is 0.316. The molecule has 0 bridgehead atoms. The molecule has 0 fully saturated rings. The summed E-state index contributed by atoms with van der Waals surface area (Å²) in [6, 6.07) is 15.7. The predicted octanol–water partition coefficient (Wildman–Crippen LogP) is 3.56. The fourth-order valence-corrected chi connectivity index (χ4v) is 2.88. The number of nitrogens with two attached hydrogens (primary N) is 1. The molecule has 0 radical (unpaired) electrons. The summed E-state index contributed by atoms with van der Waals surface area (Å²) in [4.78, 5) is 2.28. The third-order valence-corrected chi connectivity index (χ3v) is 4.23. The van der Waals surface area contributed by atoms with Crippen LogP contribution in [0.5, 0.6) is 5.75 Å². The molecule has 1 aliphatic heterocycles. The van der Waals surface area contributed by atoms with E-state index in [0.29, 0.717) is 11.5 Å². The predicted molar refractivity (Wildman–Crippen MR) is 92.3 cm³/mol. The zero-order valence-corrected chi connectivity index (χ0v) is 13.5. The highest BCUT2D eigenvalue weighted by atomic mass is 16.5. The number of nitrogens with zero attached hydrogens (tertiary/aromatic N) is 2. The molecule has 0 spiro atoms. The van der Waals surface area contributed by atoms with E-state index < -0.39 is 0 Å². The van der Waals surface area contributed by atoms with Crippen LogP contribution < -0.4 is 15.4 Å². The van der Waals surface area contributed by atoms with Gasteiger partial charge in [0.25, 0.3) is 0 Å². The second kappa shape index (κ2) is 6.21. The van der Waals surface area contributed by atoms with E-state index in [1.54, 1.807) is 0 Å². The molecule has 0 saturated heterocycles. The standard InChI is InChI=1S/C19H21N3O/c1-13(2)18-12-22(11-15-8-6-14(10-20)7-9-15)19-16(21)4-3-5-17(19)23-18/h3-9,13,18H,11-12,21H2,1-2H3. The number of fused-ring (bicyclic) bond motifs is 1. The number of hydrogen-bond acceptors (Lipinski definition) is 4. The maximum Gasteiger partial charge on any atom is 0.145 e. The first-order valence-electron chi connectivity index (χ1n) is 7.87. The number of anilines is 2. The smallest absolute Gasteiger partial charge is 0.145 e. The molecule has 1 heterocycles. The van der Waals surface area contributed by atoms with E-state index >= 15 is 0 Å². The maximum atomic E-state index is 8.92. The normalized spacial score (nSPS) is 16.6. The lowest BCUT2D eigenvalue weighted by molar-refractivity contribution is 0.145. The number of nitrogen functional groups attached to an aromatic ring is 1. The van der Waals surface area contributed by atoms with Crippen molar-refractivity contribution in [3.05, 3.63) is 53.6 Å². The zero-order valence-electron chi connectivity index (χ0n) is 13.5. The Bertz CT molecular complexity index is 731. The van der Waals surface area contributed by atoms with Gasteiger partial charge in [-0.25, -0.2) is 0 Å². The van der Waals surface area contributed by atoms with Crippen LogP contribution in [0.25, 0.3) is 0 Å². The third kappa shape index (κ3) is 3.09. The number of rotatable bonds is 3. The van der Waals surface area contributed by atoms with E-state index in [-0.39, 0.29) is 6.10 Å². The second-order valence-electron chi connectivity index (χ2n) is 6.28. The molecule has 23 heavy (non-hydrogen) atoms. The number of hydrogen-bond donors (Lipinski definition) is 1. The Labute approximate surface area is 137 Å². The van der Waals surface area contributed by atoms with Crippen LogP contribution in [-0.2, 0) is 6.54 Å². The van der Waals surface area contributed by atoms with E-state index in [0.717, 1.165) is 35.8 Å². The molecule has 1 unspecified atom stereocenters. The molecule has 4 nitrogen and oxygen atoms in total. The van der Waals surface area contributed by atoms with Crippen LogP contribution >= 0.6 is 0 Å². The summed E-state index contributed by atoms with van der Waals surface area (Å²) in [5.74, 6) is 1.27. The van der Waals surface area contributed by atoms with Crippen LogP contribution in [0.2, 0.25) is 0 Å². The van der Waals surface area contributed by atoms with Gasteiger partial charge in [-0.2, -0.15) is 5.26 Å². The Morgan fingerprint density at radius 1 is 1.26 bits per heavy atom. The highest BCUT2D eigenvalue weighted by Crippen LogP contribution is 2.40. The topological polar surface area (TPSA) is 62.3 Å². The minimum Gasteiger partial charge on any atom is -0.486 e. The van der Waals surface area contributed by atoms with Gasteiger partial charge in [-0.3, -0.25) is 0 Å². The Morgan fingerprint density at radius 2 is 2.00 bits per heavy atom. The Morgan fingerprint density at radius 3 is 2.65 bits per heavy atom. The second-order valence-corrected chi connectivity index (χ2v) is 6.28. The van der Waals surface area contributed by atoms with E-state index in [4.69, 9.17) is 15.7 Å². The SMILES string of the molecule is CC(C)C1CN(Cc2ccc(C#N)cc2)c2c(N)cccc2O1. The number of ether oxygens (including phenoxy) is 1. The maximum absolute atomic E-state index is 8.92. The van der Waals surface area contributed by atoms with Crippen molar-refractivity contribution >= 4 is 11.4 Å². The fourth-order valence-electron chi connectivity index (χ4n) is 2.88. The van der Waals surface area contributed by atoms with Crippen LogP contribution in [0.15, 0.2) is 42.5 Å². The average Bonchev–Trinajstić information content (AvgIpc) is 2.55. The quantitative estimate of drug-likeness (QED) is 0.881. The van der Waals surface area contributed by atoms with Gasteiger partial charge in [0.1, 0.15) is 17.5 Å². The lowest BCUT2D eigenvalue weighted by atomic mass is 10.0. The lowest BCUT2D eigenvalue weighted by Crippen LogP contribution is -2.42. The summed E-state index contributed by atoms with van der Waals surface area (Å²) < 4.78 is 6.11. The average molecular weight is 307 g/mol. The zero-order chi connectivity index (χ0) is 16.4. The Hall–Kier alpha value is -2.67. The first kappa shape index (κ1) is 15.2. The van der Waals surface area contributed by atoms with Gasteiger partial charge in [0, 0.05) is 6.54 Å². The highest BCUT2D eigenvalue weighted by molar-refractivity contribution is 5.75. The van der Waals surface area contributed by atoms with Crippen molar-refractivity contribution in [2.45, 2.75) is 26.5 Å². The molecule has 0 aromatic heterocycles. The van der Waals surface area contributed by atoms with Crippen molar-refractivity contribution in [1.82, 2.24) is 0 Å². The molecule has 1 aliphatic rings. The molecule has 2 N–H and O–H groups in total. The van der Waals surface area contributed by atoms with Crippen LogP contribution in [0.1, 0.15) is 25.0 Å². The van der Waals surface area contributed by atoms with Gasteiger partial charge < -0.3 is 15.4 Å². The molecule has 2 aromatic carbocycles. The number of benzene rings is 2. The van der Waals surface area contributed by atoms with Gasteiger partial charge in [-0.1, -0.05) is 32.0 Å². The van der Waals surface area contributed by atoms with Crippen molar-refractivity contribution in [1.29, 1.82) is 5.26 Å². The van der Waals surface area contributed by atoms with E-state index in [1.807, 2.05) is 42.5 Å². The van der Waals surface area contributed by atoms with Gasteiger partial charge in [-0.15, -0.1) is 0 Å². The molecular weight excluding hydrogens is 286 g/mol. The molecule has 118 valence electrons. The van der Waals surface area contributed by atoms with Crippen LogP contribution in [0.4, 0.5) is 11.4 Å². The molecule has 4 heteroatoms. The molecule has 3 rings (SSSR count). The molecule has 0 amide bonds. The molecule has 0 saturated carbocycles. The van der Waals surface area contributed by atoms with Gasteiger partial charge in [0.15, 0.2) is 0 Å². The summed E-state index contributed by atoms with van der Waals surface area (Å²) in [5, 5.41) is 8.92. The first-order valence-corrected chi connectivity index (χ1v) is 7.87. The minimum atomic E-state index is 0.141. The molecule has 2 aromatic rings. The summed E-state index contributed by atoms with van der Waals surface area (Å²) in [6.07, 6.45) is 0.141. The summed E-state index contributed by atoms with van der Waals surface area (Å²) in [7, 11) is 0. The summed E-state index contributed by atoms with van der Waals surface area (Å²) >= 11 is 0. The van der Waals surface area contributed by atoms with Crippen LogP contribution in [0, 0.1) is 17.2 Å². The first-order chi connectivity index (χ1) is 11.1. The van der Waals surface area contributed by atoms with Crippen molar-refractivity contribution in [3.63, 3.8) is 0 Å². The minimum absolute atomic E-state index is 0.141. The van der Waals surface area contributed by atoms with Gasteiger partial charge in [-0.05, 0) is 35.7 Å². The van der Waals surface area contributed by atoms with E-state index in [2.05, 4.69) is 24.8 Å². The Balaban J connectivity index is 1.92. The highest BCUT2D eigenvalue weighted by Gasteiger charge is 2.29. The lowest BCUT2D eigenvalue weighted by Gasteiger charge is -2.38. The summed E-state index contributed by atoms with van der Waals surface area (Å²) in [5.41, 5.74) is 9.72. The van der Waals surface area contributed by atoms with E-state index in [9.17, 15) is 0 Å². The molecule has 1 atom stereocenters. The van der Waals surface area contributed by atoms with Crippen LogP contribution in [0.3, 0.4) is 0 Å². The van der Waals surface area contributed by atoms with Crippen molar-refractivity contribution in [2.75, 3.05) is 17.2 Å². The van der Waals surface area contributed by atoms with Crippen molar-refractivity contribution < 1.29 is 4.74 Å². The monoisotopic (exact) mass is 307 g/mol. The van der Waals surface area contributed by atoms with Crippen molar-refractivity contribution in [2.24, 2.45) is 5.92 Å². The number of nitriles is 1. The molecule has 0 aliphatic carbocycles. The summed E-state index contributed by atoms with van der Waals surface area (Å²) in [6.45, 7) is 5.89. The van der Waals surface area contributed by atoms with Gasteiger partial charge >= 0.3 is 0 Å². The largest absolute Gasteiger partial charge is 0.486 e. The third-order valence-electron chi connectivity index (χ3n) is 4.23. The van der Waals surface area contributed by atoms with Crippen molar-refractivity contribution in [3.8, 4) is 11.8 Å². The van der Waals surface area contributed by atoms with Gasteiger partial charge in [0.2, 0.25) is 0 Å². The van der Waals surface area contributed by atoms with Gasteiger partial charge in [0.05, 0.1) is 23.9 Å².